The molecule has 2 N–H and O–H groups in total. The topological polar surface area (TPSA) is 61.4 Å². The summed E-state index contributed by atoms with van der Waals surface area (Å²) in [6, 6.07) is 6.42. The Hall–Kier alpha value is -1.42. The maximum Gasteiger partial charge on any atom is 0.191 e. The summed E-state index contributed by atoms with van der Waals surface area (Å²) < 4.78 is 10.8. The van der Waals surface area contributed by atoms with Crippen molar-refractivity contribution >= 4 is 35.6 Å². The Morgan fingerprint density at radius 2 is 1.72 bits per heavy atom. The molecule has 2 aliphatic heterocycles. The van der Waals surface area contributed by atoms with Crippen LogP contribution in [0.5, 0.6) is 11.5 Å². The molecular formula is C21H36IN5O2. The fourth-order valence-electron chi connectivity index (χ4n) is 3.98. The standard InChI is InChI=1S/C21H35N5O2.HI/c1-22-21(23-14-16-5-8-25(2)9-6-16)24-17-7-10-26(15-17)18-11-19(27-3)13-20(12-18)28-4;/h11-13,16-17H,5-10,14-15H2,1-4H3,(H2,22,23,24);1H. The molecule has 0 bridgehead atoms. The minimum absolute atomic E-state index is 0. The van der Waals surface area contributed by atoms with Gasteiger partial charge in [0.25, 0.3) is 0 Å². The molecule has 29 heavy (non-hydrogen) atoms. The van der Waals surface area contributed by atoms with Crippen LogP contribution >= 0.6 is 24.0 Å². The van der Waals surface area contributed by atoms with E-state index in [9.17, 15) is 0 Å². The fraction of sp³-hybridized carbons (Fsp3) is 0.667. The number of methoxy groups -OCH3 is 2. The van der Waals surface area contributed by atoms with E-state index in [1.54, 1.807) is 14.2 Å². The molecule has 1 atom stereocenters. The Kier molecular flexibility index (Phi) is 9.61. The van der Waals surface area contributed by atoms with Crippen LogP contribution in [0.25, 0.3) is 0 Å². The van der Waals surface area contributed by atoms with Crippen LogP contribution in [0.3, 0.4) is 0 Å². The van der Waals surface area contributed by atoms with Crippen molar-refractivity contribution in [2.45, 2.75) is 25.3 Å². The molecule has 1 unspecified atom stereocenters. The van der Waals surface area contributed by atoms with E-state index in [-0.39, 0.29) is 24.0 Å². The highest BCUT2D eigenvalue weighted by Gasteiger charge is 2.25. The predicted molar refractivity (Wildman–Crippen MR) is 130 cm³/mol. The lowest BCUT2D eigenvalue weighted by molar-refractivity contribution is 0.220. The first-order valence-electron chi connectivity index (χ1n) is 10.2. The molecule has 0 amide bonds. The Morgan fingerprint density at radius 1 is 1.07 bits per heavy atom. The molecular weight excluding hydrogens is 481 g/mol. The smallest absolute Gasteiger partial charge is 0.191 e. The molecule has 2 fully saturated rings. The summed E-state index contributed by atoms with van der Waals surface area (Å²) in [4.78, 5) is 9.20. The van der Waals surface area contributed by atoms with Crippen LogP contribution in [0.4, 0.5) is 5.69 Å². The summed E-state index contributed by atoms with van der Waals surface area (Å²) >= 11 is 0. The first-order chi connectivity index (χ1) is 13.6. The zero-order valence-electron chi connectivity index (χ0n) is 18.1. The summed E-state index contributed by atoms with van der Waals surface area (Å²) in [5.74, 6) is 3.29. The van der Waals surface area contributed by atoms with Gasteiger partial charge in [-0.05, 0) is 45.3 Å². The van der Waals surface area contributed by atoms with Crippen molar-refractivity contribution in [1.82, 2.24) is 15.5 Å². The second-order valence-corrected chi connectivity index (χ2v) is 7.85. The van der Waals surface area contributed by atoms with Gasteiger partial charge in [0.15, 0.2) is 5.96 Å². The zero-order chi connectivity index (χ0) is 19.9. The lowest BCUT2D eigenvalue weighted by Gasteiger charge is -2.29. The first kappa shape index (κ1) is 23.9. The molecule has 0 saturated carbocycles. The van der Waals surface area contributed by atoms with Crippen LogP contribution in [0.15, 0.2) is 23.2 Å². The highest BCUT2D eigenvalue weighted by Crippen LogP contribution is 2.30. The van der Waals surface area contributed by atoms with Crippen LogP contribution in [0.1, 0.15) is 19.3 Å². The van der Waals surface area contributed by atoms with Gasteiger partial charge in [-0.2, -0.15) is 0 Å². The number of hydrogen-bond donors (Lipinski definition) is 2. The highest BCUT2D eigenvalue weighted by molar-refractivity contribution is 14.0. The minimum Gasteiger partial charge on any atom is -0.497 e. The SMILES string of the molecule is CN=C(NCC1CCN(C)CC1)NC1CCN(c2cc(OC)cc(OC)c2)C1.I. The van der Waals surface area contributed by atoms with Crippen molar-refractivity contribution in [3.63, 3.8) is 0 Å². The third-order valence-corrected chi connectivity index (χ3v) is 5.85. The summed E-state index contributed by atoms with van der Waals surface area (Å²) in [5, 5.41) is 7.13. The Balaban J connectivity index is 0.00000300. The van der Waals surface area contributed by atoms with Gasteiger partial charge in [0.2, 0.25) is 0 Å². The van der Waals surface area contributed by atoms with Gasteiger partial charge < -0.3 is 29.9 Å². The number of anilines is 1. The lowest BCUT2D eigenvalue weighted by atomic mass is 9.97. The molecule has 2 aliphatic rings. The third-order valence-electron chi connectivity index (χ3n) is 5.85. The van der Waals surface area contributed by atoms with E-state index < -0.39 is 0 Å². The van der Waals surface area contributed by atoms with E-state index in [1.807, 2.05) is 13.1 Å². The van der Waals surface area contributed by atoms with Crippen LogP contribution in [-0.4, -0.2) is 77.9 Å². The van der Waals surface area contributed by atoms with Crippen LogP contribution in [0.2, 0.25) is 0 Å². The number of ether oxygens (including phenoxy) is 2. The van der Waals surface area contributed by atoms with Crippen molar-refractivity contribution in [3.8, 4) is 11.5 Å². The monoisotopic (exact) mass is 517 g/mol. The molecule has 1 aromatic rings. The maximum atomic E-state index is 5.41. The van der Waals surface area contributed by atoms with Crippen molar-refractivity contribution in [2.24, 2.45) is 10.9 Å². The number of nitrogens with zero attached hydrogens (tertiary/aromatic N) is 3. The van der Waals surface area contributed by atoms with Gasteiger partial charge >= 0.3 is 0 Å². The van der Waals surface area contributed by atoms with Crippen LogP contribution in [0, 0.1) is 5.92 Å². The van der Waals surface area contributed by atoms with E-state index in [4.69, 9.17) is 9.47 Å². The molecule has 2 saturated heterocycles. The molecule has 2 heterocycles. The lowest BCUT2D eigenvalue weighted by Crippen LogP contribution is -2.46. The molecule has 7 nitrogen and oxygen atoms in total. The maximum absolute atomic E-state index is 5.41. The van der Waals surface area contributed by atoms with E-state index in [0.717, 1.165) is 55.1 Å². The van der Waals surface area contributed by atoms with Gasteiger partial charge in [-0.1, -0.05) is 0 Å². The first-order valence-corrected chi connectivity index (χ1v) is 10.2. The largest absolute Gasteiger partial charge is 0.497 e. The van der Waals surface area contributed by atoms with Crippen molar-refractivity contribution in [1.29, 1.82) is 0 Å². The fourth-order valence-corrected chi connectivity index (χ4v) is 3.98. The number of guanidine groups is 1. The third kappa shape index (κ3) is 6.80. The van der Waals surface area contributed by atoms with Gasteiger partial charge in [-0.3, -0.25) is 4.99 Å². The number of hydrogen-bond acceptors (Lipinski definition) is 5. The summed E-state index contributed by atoms with van der Waals surface area (Å²) in [5.41, 5.74) is 1.13. The number of benzene rings is 1. The number of aliphatic imine (C=N–C) groups is 1. The molecule has 0 radical (unpaired) electrons. The van der Waals surface area contributed by atoms with E-state index >= 15 is 0 Å². The van der Waals surface area contributed by atoms with Crippen molar-refractivity contribution < 1.29 is 9.47 Å². The molecule has 3 rings (SSSR count). The van der Waals surface area contributed by atoms with E-state index in [2.05, 4.69) is 44.6 Å². The predicted octanol–water partition coefficient (Wildman–Crippen LogP) is 2.41. The summed E-state index contributed by atoms with van der Waals surface area (Å²) in [6.07, 6.45) is 3.60. The summed E-state index contributed by atoms with van der Waals surface area (Å²) in [6.45, 7) is 5.32. The van der Waals surface area contributed by atoms with Gasteiger partial charge in [0, 0.05) is 56.6 Å². The molecule has 0 aromatic heterocycles. The van der Waals surface area contributed by atoms with Gasteiger partial charge in [0.05, 0.1) is 14.2 Å². The molecule has 0 spiro atoms. The Labute approximate surface area is 192 Å². The number of rotatable bonds is 6. The Bertz CT molecular complexity index is 642. The van der Waals surface area contributed by atoms with E-state index in [1.165, 1.54) is 25.9 Å². The summed E-state index contributed by atoms with van der Waals surface area (Å²) in [7, 11) is 7.43. The Morgan fingerprint density at radius 3 is 2.31 bits per heavy atom. The second kappa shape index (κ2) is 11.7. The minimum atomic E-state index is 0. The number of halogens is 1. The second-order valence-electron chi connectivity index (χ2n) is 7.85. The molecule has 8 heteroatoms. The van der Waals surface area contributed by atoms with Gasteiger partial charge in [-0.25, -0.2) is 0 Å². The molecule has 1 aromatic carbocycles. The number of piperidine rings is 1. The number of nitrogens with one attached hydrogen (secondary N) is 2. The average Bonchev–Trinajstić information content (AvgIpc) is 3.20. The normalized spacial score (nSPS) is 20.9. The zero-order valence-corrected chi connectivity index (χ0v) is 20.4. The highest BCUT2D eigenvalue weighted by atomic mass is 127. The quantitative estimate of drug-likeness (QED) is 0.344. The molecule has 0 aliphatic carbocycles. The van der Waals surface area contributed by atoms with Crippen LogP contribution in [-0.2, 0) is 0 Å². The van der Waals surface area contributed by atoms with Gasteiger partial charge in [0.1, 0.15) is 11.5 Å². The van der Waals surface area contributed by atoms with Crippen LogP contribution < -0.4 is 25.0 Å². The average molecular weight is 517 g/mol. The van der Waals surface area contributed by atoms with Crippen molar-refractivity contribution in [3.05, 3.63) is 18.2 Å². The van der Waals surface area contributed by atoms with Gasteiger partial charge in [-0.15, -0.1) is 24.0 Å². The molecule has 164 valence electrons. The van der Waals surface area contributed by atoms with E-state index in [0.29, 0.717) is 6.04 Å². The number of likely N-dealkylation sites (tertiary alicyclic amines) is 1. The van der Waals surface area contributed by atoms with Crippen molar-refractivity contribution in [2.75, 3.05) is 65.9 Å².